The van der Waals surface area contributed by atoms with E-state index in [1.807, 2.05) is 12.1 Å². The lowest BCUT2D eigenvalue weighted by Crippen LogP contribution is -2.10. The summed E-state index contributed by atoms with van der Waals surface area (Å²) in [6, 6.07) is 4.77. The van der Waals surface area contributed by atoms with Crippen molar-refractivity contribution in [2.24, 2.45) is 5.73 Å². The number of halogens is 3. The fourth-order valence-corrected chi connectivity index (χ4v) is 1.82. The first kappa shape index (κ1) is 14.6. The molecular weight excluding hydrogens is 280 g/mol. The summed E-state index contributed by atoms with van der Waals surface area (Å²) in [6.07, 6.45) is 3.43. The third-order valence-corrected chi connectivity index (χ3v) is 2.90. The third-order valence-electron chi connectivity index (χ3n) is 2.06. The van der Waals surface area contributed by atoms with Crippen molar-refractivity contribution in [3.8, 4) is 0 Å². The molecule has 84 valence electrons. The molecule has 1 rings (SSSR count). The van der Waals surface area contributed by atoms with E-state index in [4.69, 9.17) is 5.73 Å². The summed E-state index contributed by atoms with van der Waals surface area (Å²) in [4.78, 5) is 0. The average molecular weight is 295 g/mol. The Kier molecular flexibility index (Phi) is 6.81. The Morgan fingerprint density at radius 2 is 2.20 bits per heavy atom. The molecule has 1 aromatic rings. The smallest absolute Gasteiger partial charge is 0.137 e. The monoisotopic (exact) mass is 293 g/mol. The molecule has 4 heteroatoms. The number of benzene rings is 1. The van der Waals surface area contributed by atoms with Crippen LogP contribution in [0.2, 0.25) is 0 Å². The molecule has 0 aliphatic rings. The molecule has 0 unspecified atom stereocenters. The molecule has 15 heavy (non-hydrogen) atoms. The zero-order valence-electron chi connectivity index (χ0n) is 8.25. The fraction of sp³-hybridized carbons (Fsp3) is 0.273. The average Bonchev–Trinajstić information content (AvgIpc) is 2.18. The van der Waals surface area contributed by atoms with Crippen molar-refractivity contribution >= 4 is 28.3 Å². The highest BCUT2D eigenvalue weighted by atomic mass is 79.9. The maximum atomic E-state index is 13.1. The summed E-state index contributed by atoms with van der Waals surface area (Å²) in [5.74, 6) is -0.267. The van der Waals surface area contributed by atoms with Crippen molar-refractivity contribution in [3.63, 3.8) is 0 Å². The van der Waals surface area contributed by atoms with E-state index in [-0.39, 0.29) is 24.3 Å². The van der Waals surface area contributed by atoms with E-state index in [2.05, 4.69) is 22.5 Å². The van der Waals surface area contributed by atoms with Gasteiger partial charge in [0.15, 0.2) is 0 Å². The van der Waals surface area contributed by atoms with Gasteiger partial charge >= 0.3 is 0 Å². The normalized spacial score (nSPS) is 11.7. The Morgan fingerprint density at radius 3 is 2.80 bits per heavy atom. The van der Waals surface area contributed by atoms with Gasteiger partial charge in [-0.1, -0.05) is 18.2 Å². The van der Waals surface area contributed by atoms with Gasteiger partial charge in [0.2, 0.25) is 0 Å². The van der Waals surface area contributed by atoms with Gasteiger partial charge in [0.05, 0.1) is 4.47 Å². The van der Waals surface area contributed by atoms with Gasteiger partial charge in [-0.2, -0.15) is 0 Å². The van der Waals surface area contributed by atoms with Gasteiger partial charge < -0.3 is 5.73 Å². The Morgan fingerprint density at radius 1 is 1.53 bits per heavy atom. The lowest BCUT2D eigenvalue weighted by molar-refractivity contribution is 0.603. The molecule has 0 aliphatic heterocycles. The van der Waals surface area contributed by atoms with E-state index < -0.39 is 0 Å². The summed E-state index contributed by atoms with van der Waals surface area (Å²) in [7, 11) is 0. The highest BCUT2D eigenvalue weighted by Gasteiger charge is 2.11. The first-order chi connectivity index (χ1) is 6.66. The van der Waals surface area contributed by atoms with Gasteiger partial charge in [0.25, 0.3) is 0 Å². The Hall–Kier alpha value is -0.380. The van der Waals surface area contributed by atoms with Gasteiger partial charge in [-0.15, -0.1) is 19.0 Å². The standard InChI is InChI=1S/C11H13BrFN.ClH/c1-2-3-7-10(14)8-5-4-6-9(13)11(8)12;/h2,4-6,10H,1,3,7,14H2;1H/t10-;/m1./s1. The molecule has 0 fully saturated rings. The maximum absolute atomic E-state index is 13.1. The molecule has 1 aromatic carbocycles. The first-order valence-corrected chi connectivity index (χ1v) is 5.26. The molecule has 0 radical (unpaired) electrons. The van der Waals surface area contributed by atoms with E-state index >= 15 is 0 Å². The topological polar surface area (TPSA) is 26.0 Å². The van der Waals surface area contributed by atoms with Crippen molar-refractivity contribution in [1.29, 1.82) is 0 Å². The Bertz CT molecular complexity index is 330. The number of allylic oxidation sites excluding steroid dienone is 1. The van der Waals surface area contributed by atoms with Gasteiger partial charge in [-0.25, -0.2) is 4.39 Å². The van der Waals surface area contributed by atoms with Gasteiger partial charge in [0.1, 0.15) is 5.82 Å². The van der Waals surface area contributed by atoms with Crippen LogP contribution in [-0.4, -0.2) is 0 Å². The minimum absolute atomic E-state index is 0. The predicted molar refractivity (Wildman–Crippen MR) is 67.7 cm³/mol. The van der Waals surface area contributed by atoms with Crippen LogP contribution in [0, 0.1) is 5.82 Å². The van der Waals surface area contributed by atoms with Crippen LogP contribution in [0.25, 0.3) is 0 Å². The number of hydrogen-bond donors (Lipinski definition) is 1. The summed E-state index contributed by atoms with van der Waals surface area (Å²) >= 11 is 3.19. The number of rotatable bonds is 4. The molecule has 0 spiro atoms. The molecule has 0 aromatic heterocycles. The minimum atomic E-state index is -0.267. The number of hydrogen-bond acceptors (Lipinski definition) is 1. The molecular formula is C11H14BrClFN. The second-order valence-corrected chi connectivity index (χ2v) is 3.91. The van der Waals surface area contributed by atoms with E-state index in [9.17, 15) is 4.39 Å². The van der Waals surface area contributed by atoms with E-state index in [0.29, 0.717) is 4.47 Å². The van der Waals surface area contributed by atoms with Crippen LogP contribution in [0.15, 0.2) is 35.3 Å². The minimum Gasteiger partial charge on any atom is -0.324 e. The van der Waals surface area contributed by atoms with Gasteiger partial charge in [-0.3, -0.25) is 0 Å². The fourth-order valence-electron chi connectivity index (χ4n) is 1.26. The molecule has 2 N–H and O–H groups in total. The summed E-state index contributed by atoms with van der Waals surface area (Å²) in [5.41, 5.74) is 6.72. The van der Waals surface area contributed by atoms with Crippen LogP contribution in [0.5, 0.6) is 0 Å². The van der Waals surface area contributed by atoms with Crippen LogP contribution >= 0.6 is 28.3 Å². The van der Waals surface area contributed by atoms with E-state index in [1.165, 1.54) is 6.07 Å². The first-order valence-electron chi connectivity index (χ1n) is 4.47. The molecule has 0 bridgehead atoms. The van der Waals surface area contributed by atoms with Crippen LogP contribution < -0.4 is 5.73 Å². The number of nitrogens with two attached hydrogens (primary N) is 1. The van der Waals surface area contributed by atoms with E-state index in [0.717, 1.165) is 18.4 Å². The molecule has 1 atom stereocenters. The summed E-state index contributed by atoms with van der Waals surface area (Å²) in [5, 5.41) is 0. The van der Waals surface area contributed by atoms with Crippen LogP contribution in [0.3, 0.4) is 0 Å². The van der Waals surface area contributed by atoms with Crippen molar-refractivity contribution in [3.05, 3.63) is 46.7 Å². The molecule has 0 heterocycles. The summed E-state index contributed by atoms with van der Waals surface area (Å²) < 4.78 is 13.6. The van der Waals surface area contributed by atoms with Crippen molar-refractivity contribution < 1.29 is 4.39 Å². The van der Waals surface area contributed by atoms with Crippen LogP contribution in [0.4, 0.5) is 4.39 Å². The van der Waals surface area contributed by atoms with E-state index in [1.54, 1.807) is 6.07 Å². The third kappa shape index (κ3) is 3.93. The van der Waals surface area contributed by atoms with Gasteiger partial charge in [-0.05, 0) is 40.4 Å². The Labute approximate surface area is 104 Å². The van der Waals surface area contributed by atoms with Crippen molar-refractivity contribution in [2.75, 3.05) is 0 Å². The lowest BCUT2D eigenvalue weighted by Gasteiger charge is -2.12. The zero-order valence-corrected chi connectivity index (χ0v) is 10.7. The highest BCUT2D eigenvalue weighted by molar-refractivity contribution is 9.10. The molecule has 0 saturated heterocycles. The quantitative estimate of drug-likeness (QED) is 0.835. The molecule has 0 amide bonds. The molecule has 1 nitrogen and oxygen atoms in total. The molecule has 0 saturated carbocycles. The van der Waals surface area contributed by atoms with Crippen molar-refractivity contribution in [2.45, 2.75) is 18.9 Å². The largest absolute Gasteiger partial charge is 0.324 e. The highest BCUT2D eigenvalue weighted by Crippen LogP contribution is 2.27. The lowest BCUT2D eigenvalue weighted by atomic mass is 10.0. The zero-order chi connectivity index (χ0) is 10.6. The maximum Gasteiger partial charge on any atom is 0.137 e. The second kappa shape index (κ2) is 6.99. The second-order valence-electron chi connectivity index (χ2n) is 3.12. The Balaban J connectivity index is 0.00000196. The SMILES string of the molecule is C=CCC[C@@H](N)c1cccc(F)c1Br.Cl. The summed E-state index contributed by atoms with van der Waals surface area (Å²) in [6.45, 7) is 3.62. The van der Waals surface area contributed by atoms with Crippen LogP contribution in [0.1, 0.15) is 24.4 Å². The predicted octanol–water partition coefficient (Wildman–Crippen LogP) is 3.98. The van der Waals surface area contributed by atoms with Crippen molar-refractivity contribution in [1.82, 2.24) is 0 Å². The van der Waals surface area contributed by atoms with Crippen LogP contribution in [-0.2, 0) is 0 Å². The molecule has 0 aliphatic carbocycles. The van der Waals surface area contributed by atoms with Gasteiger partial charge in [0, 0.05) is 6.04 Å².